The number of hydrogen-bond donors (Lipinski definition) is 5. The van der Waals surface area contributed by atoms with Gasteiger partial charge >= 0.3 is 6.09 Å². The van der Waals surface area contributed by atoms with E-state index >= 15 is 0 Å². The van der Waals surface area contributed by atoms with Crippen molar-refractivity contribution in [3.63, 3.8) is 0 Å². The maximum Gasteiger partial charge on any atom is 0.408 e. The molecule has 3 amide bonds. The molecule has 1 aromatic heterocycles. The lowest BCUT2D eigenvalue weighted by Crippen LogP contribution is -2.66. The zero-order valence-electron chi connectivity index (χ0n) is 36.1. The zero-order valence-corrected chi connectivity index (χ0v) is 38.4. The molecule has 0 saturated carbocycles. The molecule has 1 heterocycles. The number of halogens is 2. The van der Waals surface area contributed by atoms with Crippen molar-refractivity contribution in [1.82, 2.24) is 20.5 Å². The van der Waals surface area contributed by atoms with Gasteiger partial charge in [-0.25, -0.2) is 4.79 Å². The van der Waals surface area contributed by atoms with Gasteiger partial charge in [0.15, 0.2) is 0 Å². The molecule has 17 heteroatoms. The number of rotatable bonds is 26. The fourth-order valence-corrected chi connectivity index (χ4v) is 8.47. The molecule has 0 bridgehead atoms. The second-order valence-electron chi connectivity index (χ2n) is 15.7. The van der Waals surface area contributed by atoms with Gasteiger partial charge in [-0.15, -0.1) is 0 Å². The van der Waals surface area contributed by atoms with E-state index in [4.69, 9.17) is 64.8 Å². The van der Waals surface area contributed by atoms with Crippen LogP contribution in [0.25, 0.3) is 10.9 Å². The maximum atomic E-state index is 14.9. The smallest absolute Gasteiger partial charge is 0.408 e. The van der Waals surface area contributed by atoms with E-state index in [0.717, 1.165) is 27.1 Å². The Morgan fingerprint density at radius 2 is 1.59 bits per heavy atom. The van der Waals surface area contributed by atoms with E-state index in [2.05, 4.69) is 15.6 Å². The molecular formula is C46H59Cl2N5O9S. The number of aromatic nitrogens is 1. The van der Waals surface area contributed by atoms with Gasteiger partial charge in [0, 0.05) is 36.2 Å². The van der Waals surface area contributed by atoms with Gasteiger partial charge in [-0.3, -0.25) is 14.5 Å². The van der Waals surface area contributed by atoms with Crippen molar-refractivity contribution in [3.8, 4) is 5.75 Å². The number of hydrogen-bond acceptors (Lipinski definition) is 9. The molecular weight excluding hydrogens is 870 g/mol. The number of methoxy groups -OCH3 is 1. The van der Waals surface area contributed by atoms with Crippen molar-refractivity contribution in [2.45, 2.75) is 76.5 Å². The van der Waals surface area contributed by atoms with Crippen LogP contribution in [-0.2, 0) is 54.3 Å². The first-order valence-corrected chi connectivity index (χ1v) is 22.4. The van der Waals surface area contributed by atoms with Gasteiger partial charge < -0.3 is 50.1 Å². The molecule has 5 rings (SSSR count). The number of nitrogens with one attached hydrogen (secondary N) is 3. The van der Waals surface area contributed by atoms with Crippen LogP contribution >= 0.6 is 35.4 Å². The number of carbonyl (C=O) groups is 3. The largest absolute Gasteiger partial charge is 0.491 e. The Morgan fingerprint density at radius 1 is 0.937 bits per heavy atom. The lowest BCUT2D eigenvalue weighted by molar-refractivity contribution is -0.137. The number of thiocarbonyl (C=S) groups is 1. The predicted molar refractivity (Wildman–Crippen MR) is 248 cm³/mol. The molecule has 14 nitrogen and oxygen atoms in total. The summed E-state index contributed by atoms with van der Waals surface area (Å²) in [6.45, 7) is 7.47. The topological polar surface area (TPSA) is 187 Å². The van der Waals surface area contributed by atoms with E-state index in [0.29, 0.717) is 99.0 Å². The first kappa shape index (κ1) is 49.5. The van der Waals surface area contributed by atoms with Crippen LogP contribution in [0.2, 0.25) is 10.0 Å². The lowest BCUT2D eigenvalue weighted by Gasteiger charge is -2.40. The van der Waals surface area contributed by atoms with Gasteiger partial charge in [-0.1, -0.05) is 98.2 Å². The Bertz CT molecular complexity index is 2130. The van der Waals surface area contributed by atoms with Crippen LogP contribution in [0.5, 0.6) is 5.75 Å². The molecule has 0 aliphatic heterocycles. The molecule has 0 radical (unpaired) electrons. The lowest BCUT2D eigenvalue weighted by atomic mass is 9.78. The highest BCUT2D eigenvalue weighted by Crippen LogP contribution is 2.38. The van der Waals surface area contributed by atoms with Crippen molar-refractivity contribution in [1.29, 1.82) is 0 Å². The molecule has 6 N–H and O–H groups in total. The molecule has 1 aliphatic rings. The van der Waals surface area contributed by atoms with E-state index in [-0.39, 0.29) is 36.7 Å². The summed E-state index contributed by atoms with van der Waals surface area (Å²) >= 11 is 18.5. The number of aryl methyl sites for hydroxylation is 2. The molecule has 1 aliphatic carbocycles. The van der Waals surface area contributed by atoms with Crippen molar-refractivity contribution >= 4 is 69.2 Å². The van der Waals surface area contributed by atoms with Gasteiger partial charge in [-0.05, 0) is 72.6 Å². The number of ether oxygens (including phenoxy) is 5. The third-order valence-electron chi connectivity index (χ3n) is 11.3. The van der Waals surface area contributed by atoms with E-state index in [9.17, 15) is 19.5 Å². The number of H-pyrrole nitrogens is 1. The van der Waals surface area contributed by atoms with Crippen LogP contribution in [0, 0.1) is 5.92 Å². The molecule has 0 spiro atoms. The maximum absolute atomic E-state index is 14.9. The summed E-state index contributed by atoms with van der Waals surface area (Å²) in [4.78, 5) is 47.4. The third-order valence-corrected chi connectivity index (χ3v) is 12.1. The van der Waals surface area contributed by atoms with Gasteiger partial charge in [0.1, 0.15) is 23.9 Å². The quantitative estimate of drug-likeness (QED) is 0.0326. The second-order valence-corrected chi connectivity index (χ2v) is 17.0. The van der Waals surface area contributed by atoms with E-state index in [1.54, 1.807) is 31.4 Å². The first-order chi connectivity index (χ1) is 30.3. The highest BCUT2D eigenvalue weighted by molar-refractivity contribution is 7.80. The van der Waals surface area contributed by atoms with Gasteiger partial charge in [0.05, 0.1) is 67.8 Å². The van der Waals surface area contributed by atoms with Gasteiger partial charge in [0.2, 0.25) is 11.8 Å². The van der Waals surface area contributed by atoms with Crippen LogP contribution in [0.1, 0.15) is 55.5 Å². The number of benzene rings is 3. The zero-order chi connectivity index (χ0) is 45.4. The van der Waals surface area contributed by atoms with Crippen LogP contribution in [0.4, 0.5) is 4.79 Å². The number of nitrogens with two attached hydrogens (primary N) is 1. The molecule has 0 fully saturated rings. The molecule has 4 aromatic rings. The Labute approximate surface area is 384 Å². The SMILES string of the molecule is CC[C@H](C)[C@H](NC(=O)[C@@]1(NC(=O)C(CCc2ccc(OCCOCCOCCOCCOC)cc2)N(Cc2ccccc2)C(=O)O)CCc2[nH]c3c(Cl)cc(Cl)cc3c2C1)C(N)=S. The summed E-state index contributed by atoms with van der Waals surface area (Å²) in [5, 5.41) is 18.4. The van der Waals surface area contributed by atoms with Crippen LogP contribution in [-0.4, -0.2) is 115 Å². The molecule has 63 heavy (non-hydrogen) atoms. The Morgan fingerprint density at radius 3 is 2.21 bits per heavy atom. The summed E-state index contributed by atoms with van der Waals surface area (Å²) in [5.41, 5.74) is 8.54. The van der Waals surface area contributed by atoms with Crippen molar-refractivity contribution in [2.24, 2.45) is 11.7 Å². The number of carboxylic acid groups (broad SMARTS) is 1. The summed E-state index contributed by atoms with van der Waals surface area (Å²) in [5.74, 6) is -0.545. The molecule has 3 aromatic carbocycles. The van der Waals surface area contributed by atoms with Crippen LogP contribution < -0.4 is 21.1 Å². The molecule has 1 unspecified atom stereocenters. The summed E-state index contributed by atoms with van der Waals surface area (Å²) in [7, 11) is 1.63. The standard InChI is InChI=1S/C46H59Cl2N5O9S/c1-4-30(2)40(42(49)63)51-44(55)46(17-16-38-36(28-46)35-26-33(47)27-37(48)41(35)50-38)52-43(54)39(53(45(56)57)29-32-8-6-5-7-9-32)15-12-31-10-13-34(14-11-31)62-25-24-61-23-22-60-21-20-59-19-18-58-3/h5-11,13-14,26-27,30,39-40,50H,4,12,15-25,28-29H2,1-3H3,(H2,49,63)(H,51,55)(H,52,54)(H,56,57)/t30-,39?,40-,46+/m0/s1. The summed E-state index contributed by atoms with van der Waals surface area (Å²) in [6.07, 6.45) is 0.520. The van der Waals surface area contributed by atoms with Crippen molar-refractivity contribution in [3.05, 3.63) is 99.2 Å². The van der Waals surface area contributed by atoms with E-state index < -0.39 is 35.5 Å². The van der Waals surface area contributed by atoms with Gasteiger partial charge in [0.25, 0.3) is 0 Å². The Balaban J connectivity index is 1.33. The minimum atomic E-state index is -1.52. The molecule has 4 atom stereocenters. The van der Waals surface area contributed by atoms with Gasteiger partial charge in [-0.2, -0.15) is 0 Å². The van der Waals surface area contributed by atoms with E-state index in [1.165, 1.54) is 0 Å². The average Bonchev–Trinajstić information content (AvgIpc) is 3.63. The Hall–Kier alpha value is -4.48. The normalized spacial score (nSPS) is 16.1. The number of carbonyl (C=O) groups excluding carboxylic acids is 2. The number of amides is 3. The minimum Gasteiger partial charge on any atom is -0.491 e. The number of nitrogens with zero attached hydrogens (tertiary/aromatic N) is 1. The highest BCUT2D eigenvalue weighted by Gasteiger charge is 2.47. The average molecular weight is 929 g/mol. The summed E-state index contributed by atoms with van der Waals surface area (Å²) in [6, 6.07) is 18.1. The minimum absolute atomic E-state index is 0.0567. The molecule has 342 valence electrons. The fourth-order valence-electron chi connectivity index (χ4n) is 7.63. The van der Waals surface area contributed by atoms with E-state index in [1.807, 2.05) is 56.3 Å². The number of aromatic amines is 1. The number of fused-ring (bicyclic) bond motifs is 3. The Kier molecular flexibility index (Phi) is 19.3. The predicted octanol–water partition coefficient (Wildman–Crippen LogP) is 6.89. The van der Waals surface area contributed by atoms with Crippen LogP contribution in [0.15, 0.2) is 66.7 Å². The second kappa shape index (κ2) is 24.5. The molecule has 0 saturated heterocycles. The van der Waals surface area contributed by atoms with Crippen LogP contribution in [0.3, 0.4) is 0 Å². The third kappa shape index (κ3) is 14.0. The highest BCUT2D eigenvalue weighted by atomic mass is 35.5. The fraction of sp³-hybridized carbons (Fsp3) is 0.478. The van der Waals surface area contributed by atoms with Crippen molar-refractivity contribution in [2.75, 3.05) is 60.0 Å². The van der Waals surface area contributed by atoms with Crippen molar-refractivity contribution < 1.29 is 43.2 Å². The first-order valence-electron chi connectivity index (χ1n) is 21.2. The monoisotopic (exact) mass is 927 g/mol. The summed E-state index contributed by atoms with van der Waals surface area (Å²) < 4.78 is 27.3.